The summed E-state index contributed by atoms with van der Waals surface area (Å²) in [6, 6.07) is 27.3. The number of carbonyl (C=O) groups is 2. The molecule has 0 unspecified atom stereocenters. The number of hydrogen-bond donors (Lipinski definition) is 2. The van der Waals surface area contributed by atoms with E-state index >= 15 is 0 Å². The van der Waals surface area contributed by atoms with Gasteiger partial charge in [0.1, 0.15) is 17.2 Å². The van der Waals surface area contributed by atoms with Crippen molar-refractivity contribution in [2.24, 2.45) is 5.73 Å². The van der Waals surface area contributed by atoms with Gasteiger partial charge in [0.15, 0.2) is 0 Å². The van der Waals surface area contributed by atoms with E-state index in [-0.39, 0.29) is 5.37 Å². The molecule has 0 bridgehead atoms. The maximum absolute atomic E-state index is 13.3. The lowest BCUT2D eigenvalue weighted by Crippen LogP contribution is -2.57. The van der Waals surface area contributed by atoms with Gasteiger partial charge in [-0.1, -0.05) is 78.9 Å². The van der Waals surface area contributed by atoms with Gasteiger partial charge in [0, 0.05) is 12.3 Å². The van der Waals surface area contributed by atoms with Crippen LogP contribution in [0, 0.1) is 0 Å². The number of nitrogens with zero attached hydrogens (tertiary/aromatic N) is 1. The molecule has 1 saturated heterocycles. The number of primary amides is 1. The van der Waals surface area contributed by atoms with E-state index < -0.39 is 24.1 Å². The highest BCUT2D eigenvalue weighted by atomic mass is 32.2. The summed E-state index contributed by atoms with van der Waals surface area (Å²) in [6.07, 6.45) is -0.507. The number of ether oxygens (including phenoxy) is 1. The van der Waals surface area contributed by atoms with Crippen LogP contribution in [0.3, 0.4) is 0 Å². The quantitative estimate of drug-likeness (QED) is 0.573. The van der Waals surface area contributed by atoms with E-state index in [1.807, 2.05) is 66.7 Å². The average molecular weight is 448 g/mol. The third-order valence-corrected chi connectivity index (χ3v) is 6.69. The largest absolute Gasteiger partial charge is 0.416 e. The van der Waals surface area contributed by atoms with E-state index in [2.05, 4.69) is 5.32 Å². The van der Waals surface area contributed by atoms with Gasteiger partial charge < -0.3 is 15.8 Å². The van der Waals surface area contributed by atoms with Gasteiger partial charge in [0.2, 0.25) is 5.91 Å². The monoisotopic (exact) mass is 447 g/mol. The Morgan fingerprint density at radius 2 is 1.56 bits per heavy atom. The SMILES string of the molecule is NC(=O)[C@H](NCc1ccccc1)[C@@H]1CS[C@H](c2ccccc2)N1C(=O)Oc1ccccc1. The molecule has 1 heterocycles. The second kappa shape index (κ2) is 10.3. The minimum atomic E-state index is -0.722. The molecule has 7 heteroatoms. The number of thioether (sulfide) groups is 1. The molecule has 0 aromatic heterocycles. The van der Waals surface area contributed by atoms with Crippen molar-refractivity contribution in [2.75, 3.05) is 5.75 Å². The zero-order valence-corrected chi connectivity index (χ0v) is 18.3. The summed E-state index contributed by atoms with van der Waals surface area (Å²) < 4.78 is 5.67. The number of benzene rings is 3. The predicted octanol–water partition coefficient (Wildman–Crippen LogP) is 3.95. The molecule has 0 radical (unpaired) electrons. The highest BCUT2D eigenvalue weighted by molar-refractivity contribution is 7.99. The van der Waals surface area contributed by atoms with Gasteiger partial charge in [-0.25, -0.2) is 4.79 Å². The van der Waals surface area contributed by atoms with Crippen LogP contribution in [0.25, 0.3) is 0 Å². The maximum Gasteiger partial charge on any atom is 0.416 e. The highest BCUT2D eigenvalue weighted by Gasteiger charge is 2.45. The summed E-state index contributed by atoms with van der Waals surface area (Å²) in [5.41, 5.74) is 7.79. The Labute approximate surface area is 191 Å². The van der Waals surface area contributed by atoms with Crippen molar-refractivity contribution >= 4 is 23.8 Å². The molecule has 32 heavy (non-hydrogen) atoms. The van der Waals surface area contributed by atoms with Crippen molar-refractivity contribution in [1.29, 1.82) is 0 Å². The van der Waals surface area contributed by atoms with E-state index in [4.69, 9.17) is 10.5 Å². The summed E-state index contributed by atoms with van der Waals surface area (Å²) >= 11 is 1.60. The molecule has 1 aliphatic heterocycles. The Morgan fingerprint density at radius 1 is 0.969 bits per heavy atom. The van der Waals surface area contributed by atoms with Crippen LogP contribution in [0.15, 0.2) is 91.0 Å². The first-order chi connectivity index (χ1) is 15.6. The van der Waals surface area contributed by atoms with E-state index in [0.717, 1.165) is 11.1 Å². The molecule has 1 aliphatic rings. The van der Waals surface area contributed by atoms with E-state index in [1.165, 1.54) is 0 Å². The third-order valence-electron chi connectivity index (χ3n) is 5.34. The van der Waals surface area contributed by atoms with Crippen LogP contribution in [-0.2, 0) is 11.3 Å². The first kappa shape index (κ1) is 21.9. The highest BCUT2D eigenvalue weighted by Crippen LogP contribution is 2.42. The van der Waals surface area contributed by atoms with Crippen LogP contribution in [0.4, 0.5) is 4.79 Å². The topological polar surface area (TPSA) is 84.7 Å². The molecule has 3 aromatic rings. The molecule has 6 nitrogen and oxygen atoms in total. The second-order valence-corrected chi connectivity index (χ2v) is 8.61. The molecule has 3 atom stereocenters. The van der Waals surface area contributed by atoms with Gasteiger partial charge >= 0.3 is 6.09 Å². The Balaban J connectivity index is 1.60. The second-order valence-electron chi connectivity index (χ2n) is 7.50. The molecule has 3 N–H and O–H groups in total. The molecule has 4 rings (SSSR count). The minimum Gasteiger partial charge on any atom is -0.410 e. The Kier molecular flexibility index (Phi) is 7.09. The van der Waals surface area contributed by atoms with Gasteiger partial charge in [-0.3, -0.25) is 9.69 Å². The van der Waals surface area contributed by atoms with Crippen molar-refractivity contribution in [3.8, 4) is 5.75 Å². The molecular formula is C25H25N3O3S. The third kappa shape index (κ3) is 5.12. The van der Waals surface area contributed by atoms with Crippen molar-refractivity contribution in [1.82, 2.24) is 10.2 Å². The molecule has 1 fully saturated rings. The lowest BCUT2D eigenvalue weighted by atomic mass is 10.1. The lowest BCUT2D eigenvalue weighted by Gasteiger charge is -2.32. The summed E-state index contributed by atoms with van der Waals surface area (Å²) in [5, 5.41) is 2.98. The number of para-hydroxylation sites is 1. The molecule has 0 spiro atoms. The smallest absolute Gasteiger partial charge is 0.410 e. The fraction of sp³-hybridized carbons (Fsp3) is 0.200. The number of nitrogens with two attached hydrogens (primary N) is 1. The van der Waals surface area contributed by atoms with Crippen LogP contribution in [0.1, 0.15) is 16.5 Å². The van der Waals surface area contributed by atoms with Crippen molar-refractivity contribution in [3.63, 3.8) is 0 Å². The first-order valence-electron chi connectivity index (χ1n) is 10.4. The van der Waals surface area contributed by atoms with E-state index in [9.17, 15) is 9.59 Å². The normalized spacial score (nSPS) is 18.8. The Bertz CT molecular complexity index is 1030. The number of carbonyl (C=O) groups excluding carboxylic acids is 2. The van der Waals surface area contributed by atoms with Crippen LogP contribution < -0.4 is 15.8 Å². The summed E-state index contributed by atoms with van der Waals surface area (Å²) in [7, 11) is 0. The van der Waals surface area contributed by atoms with Crippen LogP contribution in [0.5, 0.6) is 5.75 Å². The van der Waals surface area contributed by atoms with Crippen molar-refractivity contribution in [2.45, 2.75) is 24.0 Å². The van der Waals surface area contributed by atoms with Crippen LogP contribution in [-0.4, -0.2) is 34.7 Å². The molecule has 2 amide bonds. The molecular weight excluding hydrogens is 422 g/mol. The van der Waals surface area contributed by atoms with E-state index in [0.29, 0.717) is 18.0 Å². The lowest BCUT2D eigenvalue weighted by molar-refractivity contribution is -0.121. The van der Waals surface area contributed by atoms with Gasteiger partial charge in [-0.05, 0) is 23.3 Å². The van der Waals surface area contributed by atoms with Crippen molar-refractivity contribution < 1.29 is 14.3 Å². The summed E-state index contributed by atoms with van der Waals surface area (Å²) in [4.78, 5) is 27.4. The molecule has 164 valence electrons. The zero-order chi connectivity index (χ0) is 22.3. The number of rotatable bonds is 7. The number of amides is 2. The van der Waals surface area contributed by atoms with Gasteiger partial charge in [0.25, 0.3) is 0 Å². The number of nitrogens with one attached hydrogen (secondary N) is 1. The van der Waals surface area contributed by atoms with Crippen molar-refractivity contribution in [3.05, 3.63) is 102 Å². The van der Waals surface area contributed by atoms with Gasteiger partial charge in [-0.2, -0.15) is 0 Å². The standard InChI is InChI=1S/C25H25N3O3S/c26-23(29)22(27-16-18-10-4-1-5-11-18)21-17-32-24(19-12-6-2-7-13-19)28(21)25(30)31-20-14-8-3-9-15-20/h1-15,21-22,24,27H,16-17H2,(H2,26,29)/t21-,22+,24+/m0/s1. The molecule has 0 saturated carbocycles. The molecule has 3 aromatic carbocycles. The zero-order valence-electron chi connectivity index (χ0n) is 17.5. The summed E-state index contributed by atoms with van der Waals surface area (Å²) in [5.74, 6) is 0.504. The van der Waals surface area contributed by atoms with E-state index in [1.54, 1.807) is 40.9 Å². The Morgan fingerprint density at radius 3 is 2.19 bits per heavy atom. The fourth-order valence-corrected chi connectivity index (χ4v) is 5.26. The van der Waals surface area contributed by atoms with Crippen LogP contribution in [0.2, 0.25) is 0 Å². The number of hydrogen-bond acceptors (Lipinski definition) is 5. The average Bonchev–Trinajstić information content (AvgIpc) is 3.26. The molecule has 0 aliphatic carbocycles. The van der Waals surface area contributed by atoms with Crippen LogP contribution >= 0.6 is 11.8 Å². The summed E-state index contributed by atoms with van der Waals surface area (Å²) in [6.45, 7) is 0.465. The first-order valence-corrected chi connectivity index (χ1v) is 11.5. The Hall–Kier alpha value is -3.29. The van der Waals surface area contributed by atoms with Gasteiger partial charge in [0.05, 0.1) is 6.04 Å². The fourth-order valence-electron chi connectivity index (χ4n) is 3.78. The van der Waals surface area contributed by atoms with Gasteiger partial charge in [-0.15, -0.1) is 11.8 Å². The maximum atomic E-state index is 13.3. The minimum absolute atomic E-state index is 0.280. The predicted molar refractivity (Wildman–Crippen MR) is 126 cm³/mol.